The zero-order chi connectivity index (χ0) is 16.5. The van der Waals surface area contributed by atoms with Crippen molar-refractivity contribution in [1.29, 1.82) is 0 Å². The molecule has 0 aromatic heterocycles. The molecule has 3 N–H and O–H groups in total. The van der Waals surface area contributed by atoms with E-state index in [0.29, 0.717) is 24.0 Å². The van der Waals surface area contributed by atoms with Gasteiger partial charge in [-0.1, -0.05) is 13.3 Å². The van der Waals surface area contributed by atoms with Crippen molar-refractivity contribution >= 4 is 5.91 Å². The summed E-state index contributed by atoms with van der Waals surface area (Å²) in [6.07, 6.45) is 9.78. The van der Waals surface area contributed by atoms with Gasteiger partial charge in [-0.2, -0.15) is 5.48 Å². The van der Waals surface area contributed by atoms with Crippen molar-refractivity contribution in [3.05, 3.63) is 0 Å². The van der Waals surface area contributed by atoms with Gasteiger partial charge in [-0.05, 0) is 81.7 Å². The van der Waals surface area contributed by atoms with E-state index in [1.165, 1.54) is 38.6 Å². The lowest BCUT2D eigenvalue weighted by atomic mass is 9.73. The Hall–Kier alpha value is -0.650. The Bertz CT molecular complexity index is 458. The molecule has 4 aliphatic rings. The Kier molecular flexibility index (Phi) is 5.11. The monoisotopic (exact) mass is 335 g/mol. The predicted octanol–water partition coefficient (Wildman–Crippen LogP) is 1.98. The lowest BCUT2D eigenvalue weighted by Crippen LogP contribution is -2.56. The maximum atomic E-state index is 12.7. The average Bonchev–Trinajstić information content (AvgIpc) is 2.61. The molecule has 2 aliphatic heterocycles. The number of carbonyl (C=O) groups is 1. The number of carbonyl (C=O) groups excluding carboxylic acids is 1. The van der Waals surface area contributed by atoms with Crippen molar-refractivity contribution in [2.45, 2.75) is 76.5 Å². The summed E-state index contributed by atoms with van der Waals surface area (Å²) in [5, 5.41) is 6.83. The van der Waals surface area contributed by atoms with Crippen LogP contribution in [0.4, 0.5) is 0 Å². The van der Waals surface area contributed by atoms with Crippen LogP contribution in [0.5, 0.6) is 0 Å². The highest BCUT2D eigenvalue weighted by atomic mass is 16.7. The number of hydrogen-bond donors (Lipinski definition) is 3. The van der Waals surface area contributed by atoms with Crippen LogP contribution < -0.4 is 16.1 Å². The molecule has 0 bridgehead atoms. The van der Waals surface area contributed by atoms with Crippen molar-refractivity contribution < 1.29 is 9.63 Å². The lowest BCUT2D eigenvalue weighted by Gasteiger charge is -2.43. The SMILES string of the molecule is CC1CCCC2CC(C(=O)NC3CCC4CNCCC4C3)NOC12. The summed E-state index contributed by atoms with van der Waals surface area (Å²) < 4.78 is 0. The third-order valence-electron chi connectivity index (χ3n) is 7.05. The molecule has 2 saturated carbocycles. The van der Waals surface area contributed by atoms with E-state index >= 15 is 0 Å². The maximum absolute atomic E-state index is 12.7. The summed E-state index contributed by atoms with van der Waals surface area (Å²) in [5.41, 5.74) is 3.07. The molecule has 2 heterocycles. The highest BCUT2D eigenvalue weighted by Gasteiger charge is 2.40. The number of nitrogens with one attached hydrogen (secondary N) is 3. The second-order valence-electron chi connectivity index (χ2n) is 8.69. The molecular formula is C19H33N3O2. The fourth-order valence-electron chi connectivity index (χ4n) is 5.59. The smallest absolute Gasteiger partial charge is 0.239 e. The van der Waals surface area contributed by atoms with Gasteiger partial charge in [0, 0.05) is 6.04 Å². The van der Waals surface area contributed by atoms with E-state index in [4.69, 9.17) is 4.84 Å². The van der Waals surface area contributed by atoms with Crippen LogP contribution in [0, 0.1) is 23.7 Å². The first-order valence-electron chi connectivity index (χ1n) is 10.1. The molecule has 7 unspecified atom stereocenters. The van der Waals surface area contributed by atoms with Crippen molar-refractivity contribution in [3.63, 3.8) is 0 Å². The first-order valence-corrected chi connectivity index (χ1v) is 10.1. The summed E-state index contributed by atoms with van der Waals surface area (Å²) in [7, 11) is 0. The minimum atomic E-state index is -0.165. The van der Waals surface area contributed by atoms with Crippen LogP contribution >= 0.6 is 0 Å². The molecule has 5 heteroatoms. The molecule has 136 valence electrons. The molecule has 2 saturated heterocycles. The molecule has 2 aliphatic carbocycles. The van der Waals surface area contributed by atoms with Crippen LogP contribution in [0.2, 0.25) is 0 Å². The molecular weight excluding hydrogens is 302 g/mol. The van der Waals surface area contributed by atoms with Crippen LogP contribution in [0.25, 0.3) is 0 Å². The molecule has 1 amide bonds. The summed E-state index contributed by atoms with van der Waals surface area (Å²) >= 11 is 0. The normalized spacial score (nSPS) is 45.8. The number of hydrogen-bond acceptors (Lipinski definition) is 4. The van der Waals surface area contributed by atoms with Gasteiger partial charge in [0.25, 0.3) is 0 Å². The molecule has 0 aromatic carbocycles. The van der Waals surface area contributed by atoms with E-state index in [-0.39, 0.29) is 11.9 Å². The Morgan fingerprint density at radius 2 is 1.96 bits per heavy atom. The Morgan fingerprint density at radius 3 is 2.88 bits per heavy atom. The molecule has 0 radical (unpaired) electrons. The number of rotatable bonds is 2. The maximum Gasteiger partial charge on any atom is 0.239 e. The van der Waals surface area contributed by atoms with Gasteiger partial charge in [-0.25, -0.2) is 0 Å². The highest BCUT2D eigenvalue weighted by molar-refractivity contribution is 5.82. The highest BCUT2D eigenvalue weighted by Crippen LogP contribution is 2.37. The molecule has 5 nitrogen and oxygen atoms in total. The number of piperidine rings is 1. The van der Waals surface area contributed by atoms with Gasteiger partial charge in [0.05, 0.1) is 6.10 Å². The first-order chi connectivity index (χ1) is 11.7. The second-order valence-corrected chi connectivity index (χ2v) is 8.69. The van der Waals surface area contributed by atoms with Crippen LogP contribution in [-0.4, -0.2) is 37.2 Å². The van der Waals surface area contributed by atoms with E-state index in [2.05, 4.69) is 23.0 Å². The Morgan fingerprint density at radius 1 is 1.04 bits per heavy atom. The molecule has 7 atom stereocenters. The molecule has 0 spiro atoms. The minimum Gasteiger partial charge on any atom is -0.352 e. The van der Waals surface area contributed by atoms with Gasteiger partial charge in [-0.15, -0.1) is 0 Å². The summed E-state index contributed by atoms with van der Waals surface area (Å²) in [6.45, 7) is 4.59. The number of hydroxylamine groups is 1. The number of amides is 1. The van der Waals surface area contributed by atoms with Crippen LogP contribution in [0.1, 0.15) is 58.3 Å². The quantitative estimate of drug-likeness (QED) is 0.722. The fraction of sp³-hybridized carbons (Fsp3) is 0.947. The molecule has 4 rings (SSSR count). The van der Waals surface area contributed by atoms with Crippen molar-refractivity contribution in [3.8, 4) is 0 Å². The summed E-state index contributed by atoms with van der Waals surface area (Å²) in [4.78, 5) is 18.6. The van der Waals surface area contributed by atoms with E-state index in [0.717, 1.165) is 37.6 Å². The van der Waals surface area contributed by atoms with Crippen LogP contribution in [-0.2, 0) is 9.63 Å². The standard InChI is InChI=1S/C19H33N3O2/c1-12-3-2-4-14-10-17(22-24-18(12)14)19(23)21-16-6-5-15-11-20-8-7-13(15)9-16/h12-18,20,22H,2-11H2,1H3,(H,21,23). The molecule has 0 aromatic rings. The zero-order valence-corrected chi connectivity index (χ0v) is 14.9. The zero-order valence-electron chi connectivity index (χ0n) is 14.9. The van der Waals surface area contributed by atoms with Gasteiger partial charge < -0.3 is 10.6 Å². The topological polar surface area (TPSA) is 62.4 Å². The minimum absolute atomic E-state index is 0.157. The van der Waals surface area contributed by atoms with E-state index in [1.54, 1.807) is 0 Å². The number of fused-ring (bicyclic) bond motifs is 2. The first kappa shape index (κ1) is 16.8. The molecule has 24 heavy (non-hydrogen) atoms. The van der Waals surface area contributed by atoms with Crippen LogP contribution in [0.3, 0.4) is 0 Å². The van der Waals surface area contributed by atoms with E-state index < -0.39 is 0 Å². The van der Waals surface area contributed by atoms with Crippen LogP contribution in [0.15, 0.2) is 0 Å². The van der Waals surface area contributed by atoms with Gasteiger partial charge >= 0.3 is 0 Å². The lowest BCUT2D eigenvalue weighted by molar-refractivity contribution is -0.161. The van der Waals surface area contributed by atoms with Crippen molar-refractivity contribution in [1.82, 2.24) is 16.1 Å². The fourth-order valence-corrected chi connectivity index (χ4v) is 5.59. The summed E-state index contributed by atoms with van der Waals surface area (Å²) in [5.74, 6) is 2.93. The third-order valence-corrected chi connectivity index (χ3v) is 7.05. The Labute approximate surface area is 145 Å². The van der Waals surface area contributed by atoms with Crippen molar-refractivity contribution in [2.24, 2.45) is 23.7 Å². The van der Waals surface area contributed by atoms with Crippen molar-refractivity contribution in [2.75, 3.05) is 13.1 Å². The third kappa shape index (κ3) is 3.49. The van der Waals surface area contributed by atoms with Gasteiger partial charge in [0.15, 0.2) is 0 Å². The van der Waals surface area contributed by atoms with Gasteiger partial charge in [-0.3, -0.25) is 9.63 Å². The van der Waals surface area contributed by atoms with Gasteiger partial charge in [0.2, 0.25) is 5.91 Å². The summed E-state index contributed by atoms with van der Waals surface area (Å²) in [6, 6.07) is 0.198. The largest absolute Gasteiger partial charge is 0.352 e. The van der Waals surface area contributed by atoms with Gasteiger partial charge in [0.1, 0.15) is 6.04 Å². The predicted molar refractivity (Wildman–Crippen MR) is 93.2 cm³/mol. The average molecular weight is 335 g/mol. The van der Waals surface area contributed by atoms with E-state index in [9.17, 15) is 4.79 Å². The second kappa shape index (κ2) is 7.30. The van der Waals surface area contributed by atoms with E-state index in [1.807, 2.05) is 0 Å². The Balaban J connectivity index is 1.29. The molecule has 4 fully saturated rings.